The van der Waals surface area contributed by atoms with E-state index in [0.29, 0.717) is 5.56 Å². The number of pyridine rings is 1. The summed E-state index contributed by atoms with van der Waals surface area (Å²) in [4.78, 5) is 15.9. The number of rotatable bonds is 2. The highest BCUT2D eigenvalue weighted by Crippen LogP contribution is 2.21. The molecular weight excluding hydrogens is 332 g/mol. The highest BCUT2D eigenvalue weighted by atomic mass is 79.9. The van der Waals surface area contributed by atoms with E-state index in [1.54, 1.807) is 13.0 Å². The van der Waals surface area contributed by atoms with Crippen molar-refractivity contribution >= 4 is 33.3 Å². The number of nitrogen functional groups attached to an aromatic ring is 1. The Morgan fingerprint density at radius 1 is 1.40 bits per heavy atom. The Morgan fingerprint density at radius 3 is 2.75 bits per heavy atom. The molecule has 3 N–H and O–H groups in total. The van der Waals surface area contributed by atoms with Crippen molar-refractivity contribution in [1.29, 1.82) is 0 Å². The fourth-order valence-electron chi connectivity index (χ4n) is 1.62. The molecule has 0 saturated carbocycles. The van der Waals surface area contributed by atoms with Crippen LogP contribution in [0, 0.1) is 18.6 Å². The lowest BCUT2D eigenvalue weighted by Crippen LogP contribution is -2.18. The van der Waals surface area contributed by atoms with Gasteiger partial charge in [-0.15, -0.1) is 0 Å². The van der Waals surface area contributed by atoms with Gasteiger partial charge in [0.1, 0.15) is 17.2 Å². The number of nitrogens with one attached hydrogen (secondary N) is 1. The van der Waals surface area contributed by atoms with Gasteiger partial charge >= 0.3 is 0 Å². The Bertz CT molecular complexity index is 692. The number of aryl methyl sites for hydroxylation is 1. The zero-order valence-corrected chi connectivity index (χ0v) is 12.0. The zero-order valence-electron chi connectivity index (χ0n) is 10.4. The SMILES string of the molecule is Cc1cc(Br)cnc1NC(=O)c1c(F)ccc(N)c1F. The van der Waals surface area contributed by atoms with Crippen LogP contribution in [-0.2, 0) is 0 Å². The molecule has 0 unspecified atom stereocenters. The van der Waals surface area contributed by atoms with Gasteiger partial charge < -0.3 is 11.1 Å². The lowest BCUT2D eigenvalue weighted by molar-refractivity contribution is 0.101. The first-order valence-corrected chi connectivity index (χ1v) is 6.36. The maximum Gasteiger partial charge on any atom is 0.262 e. The van der Waals surface area contributed by atoms with Crippen molar-refractivity contribution in [2.75, 3.05) is 11.1 Å². The average molecular weight is 342 g/mol. The van der Waals surface area contributed by atoms with Crippen molar-refractivity contribution in [3.63, 3.8) is 0 Å². The van der Waals surface area contributed by atoms with Crippen molar-refractivity contribution < 1.29 is 13.6 Å². The van der Waals surface area contributed by atoms with Gasteiger partial charge in [0.05, 0.1) is 5.69 Å². The van der Waals surface area contributed by atoms with Crippen LogP contribution < -0.4 is 11.1 Å². The van der Waals surface area contributed by atoms with Crippen molar-refractivity contribution in [2.24, 2.45) is 0 Å². The summed E-state index contributed by atoms with van der Waals surface area (Å²) in [5.74, 6) is -2.79. The standard InChI is InChI=1S/C13H10BrF2N3O/c1-6-4-7(14)5-18-12(6)19-13(20)10-8(15)2-3-9(17)11(10)16/h2-5H,17H2,1H3,(H,18,19,20). The second-order valence-electron chi connectivity index (χ2n) is 4.10. The van der Waals surface area contributed by atoms with Crippen LogP contribution in [0.2, 0.25) is 0 Å². The van der Waals surface area contributed by atoms with Gasteiger partial charge in [0.25, 0.3) is 5.91 Å². The summed E-state index contributed by atoms with van der Waals surface area (Å²) < 4.78 is 28.0. The number of hydrogen-bond acceptors (Lipinski definition) is 3. The van der Waals surface area contributed by atoms with E-state index in [1.165, 1.54) is 6.20 Å². The van der Waals surface area contributed by atoms with E-state index in [0.717, 1.165) is 16.6 Å². The number of carbonyl (C=O) groups excluding carboxylic acids is 1. The molecule has 0 atom stereocenters. The monoisotopic (exact) mass is 341 g/mol. The molecule has 0 bridgehead atoms. The maximum atomic E-state index is 13.7. The van der Waals surface area contributed by atoms with Crippen LogP contribution in [-0.4, -0.2) is 10.9 Å². The van der Waals surface area contributed by atoms with E-state index < -0.39 is 23.1 Å². The van der Waals surface area contributed by atoms with Crippen LogP contribution in [0.25, 0.3) is 0 Å². The lowest BCUT2D eigenvalue weighted by Gasteiger charge is -2.09. The molecule has 0 aliphatic carbocycles. The smallest absolute Gasteiger partial charge is 0.262 e. The molecule has 0 fully saturated rings. The molecule has 1 heterocycles. The van der Waals surface area contributed by atoms with E-state index in [2.05, 4.69) is 26.2 Å². The van der Waals surface area contributed by atoms with E-state index in [9.17, 15) is 13.6 Å². The molecule has 4 nitrogen and oxygen atoms in total. The molecule has 0 saturated heterocycles. The van der Waals surface area contributed by atoms with Crippen LogP contribution in [0.5, 0.6) is 0 Å². The molecule has 7 heteroatoms. The van der Waals surface area contributed by atoms with E-state index in [-0.39, 0.29) is 11.5 Å². The highest BCUT2D eigenvalue weighted by Gasteiger charge is 2.20. The van der Waals surface area contributed by atoms with Crippen molar-refractivity contribution in [3.8, 4) is 0 Å². The number of benzene rings is 1. The molecule has 1 amide bonds. The number of amides is 1. The molecular formula is C13H10BrF2N3O. The normalized spacial score (nSPS) is 10.4. The summed E-state index contributed by atoms with van der Waals surface area (Å²) in [5.41, 5.74) is 4.96. The summed E-state index contributed by atoms with van der Waals surface area (Å²) in [6.07, 6.45) is 1.47. The summed E-state index contributed by atoms with van der Waals surface area (Å²) in [6.45, 7) is 1.71. The third-order valence-corrected chi connectivity index (χ3v) is 3.06. The van der Waals surface area contributed by atoms with Gasteiger partial charge in [-0.05, 0) is 46.6 Å². The number of aromatic nitrogens is 1. The van der Waals surface area contributed by atoms with Gasteiger partial charge in [-0.1, -0.05) is 0 Å². The average Bonchev–Trinajstić information content (AvgIpc) is 2.38. The Kier molecular flexibility index (Phi) is 3.99. The first-order valence-electron chi connectivity index (χ1n) is 5.57. The number of nitrogens with two attached hydrogens (primary N) is 1. The van der Waals surface area contributed by atoms with Crippen molar-refractivity contribution in [2.45, 2.75) is 6.92 Å². The fraction of sp³-hybridized carbons (Fsp3) is 0.0769. The van der Waals surface area contributed by atoms with Crippen LogP contribution in [0.4, 0.5) is 20.3 Å². The summed E-state index contributed by atoms with van der Waals surface area (Å²) in [6, 6.07) is 3.72. The molecule has 1 aromatic carbocycles. The Balaban J connectivity index is 2.36. The predicted octanol–water partition coefficient (Wildman–Crippen LogP) is 3.27. The topological polar surface area (TPSA) is 68.0 Å². The summed E-state index contributed by atoms with van der Waals surface area (Å²) in [7, 11) is 0. The molecule has 0 aliphatic rings. The predicted molar refractivity (Wildman–Crippen MR) is 75.4 cm³/mol. The van der Waals surface area contributed by atoms with Crippen molar-refractivity contribution in [3.05, 3.63) is 51.6 Å². The van der Waals surface area contributed by atoms with Crippen LogP contribution in [0.3, 0.4) is 0 Å². The van der Waals surface area contributed by atoms with Gasteiger partial charge in [-0.2, -0.15) is 0 Å². The third-order valence-electron chi connectivity index (χ3n) is 2.62. The molecule has 0 spiro atoms. The molecule has 0 radical (unpaired) electrons. The number of hydrogen-bond donors (Lipinski definition) is 2. The van der Waals surface area contributed by atoms with Crippen LogP contribution in [0.1, 0.15) is 15.9 Å². The number of anilines is 2. The molecule has 104 valence electrons. The van der Waals surface area contributed by atoms with Gasteiger partial charge in [0.15, 0.2) is 5.82 Å². The van der Waals surface area contributed by atoms with Gasteiger partial charge in [-0.25, -0.2) is 13.8 Å². The third kappa shape index (κ3) is 2.77. The second-order valence-corrected chi connectivity index (χ2v) is 5.01. The van der Waals surface area contributed by atoms with Gasteiger partial charge in [0.2, 0.25) is 0 Å². The fourth-order valence-corrected chi connectivity index (χ4v) is 2.06. The first-order chi connectivity index (χ1) is 9.40. The van der Waals surface area contributed by atoms with E-state index in [1.807, 2.05) is 0 Å². The van der Waals surface area contributed by atoms with E-state index in [4.69, 9.17) is 5.73 Å². The lowest BCUT2D eigenvalue weighted by atomic mass is 10.1. The Hall–Kier alpha value is -2.02. The van der Waals surface area contributed by atoms with Gasteiger partial charge in [-0.3, -0.25) is 4.79 Å². The first kappa shape index (κ1) is 14.4. The number of carbonyl (C=O) groups is 1. The summed E-state index contributed by atoms with van der Waals surface area (Å²) >= 11 is 3.23. The van der Waals surface area contributed by atoms with E-state index >= 15 is 0 Å². The number of nitrogens with zero attached hydrogens (tertiary/aromatic N) is 1. The minimum atomic E-state index is -1.09. The highest BCUT2D eigenvalue weighted by molar-refractivity contribution is 9.10. The molecule has 20 heavy (non-hydrogen) atoms. The Morgan fingerprint density at radius 2 is 2.10 bits per heavy atom. The van der Waals surface area contributed by atoms with Crippen molar-refractivity contribution in [1.82, 2.24) is 4.98 Å². The second kappa shape index (κ2) is 5.54. The molecule has 0 aliphatic heterocycles. The Labute approximate surface area is 122 Å². The number of halogens is 3. The minimum absolute atomic E-state index is 0.222. The molecule has 1 aromatic heterocycles. The maximum absolute atomic E-state index is 13.7. The zero-order chi connectivity index (χ0) is 14.9. The van der Waals surface area contributed by atoms with Crippen LogP contribution >= 0.6 is 15.9 Å². The largest absolute Gasteiger partial charge is 0.396 e. The quantitative estimate of drug-likeness (QED) is 0.823. The summed E-state index contributed by atoms with van der Waals surface area (Å²) in [5, 5.41) is 2.36. The van der Waals surface area contributed by atoms with Gasteiger partial charge in [0, 0.05) is 10.7 Å². The molecule has 2 rings (SSSR count). The van der Waals surface area contributed by atoms with Crippen LogP contribution in [0.15, 0.2) is 28.9 Å². The minimum Gasteiger partial charge on any atom is -0.396 e. The molecule has 2 aromatic rings.